The van der Waals surface area contributed by atoms with E-state index in [2.05, 4.69) is 5.32 Å². The number of rotatable bonds is 6. The maximum Gasteiger partial charge on any atom is 0.251 e. The van der Waals surface area contributed by atoms with Gasteiger partial charge in [-0.2, -0.15) is 4.31 Å². The Labute approximate surface area is 150 Å². The molecule has 1 unspecified atom stereocenters. The van der Waals surface area contributed by atoms with Crippen molar-refractivity contribution in [3.63, 3.8) is 0 Å². The van der Waals surface area contributed by atoms with Crippen LogP contribution in [-0.4, -0.2) is 44.3 Å². The molecular weight excluding hydrogens is 350 g/mol. The average Bonchev–Trinajstić information content (AvgIpc) is 2.55. The van der Waals surface area contributed by atoms with Crippen LogP contribution in [0.4, 0.5) is 0 Å². The maximum atomic E-state index is 12.8. The first kappa shape index (κ1) is 20.9. The molecule has 1 saturated heterocycles. The number of nitrogens with one attached hydrogen (secondary N) is 1. The van der Waals surface area contributed by atoms with Crippen molar-refractivity contribution in [3.05, 3.63) is 29.8 Å². The molecule has 0 aliphatic carbocycles. The highest BCUT2D eigenvalue weighted by Crippen LogP contribution is 2.25. The highest BCUT2D eigenvalue weighted by Gasteiger charge is 2.31. The third-order valence-electron chi connectivity index (χ3n) is 4.11. The van der Waals surface area contributed by atoms with E-state index in [1.165, 1.54) is 6.07 Å². The number of piperidine rings is 1. The van der Waals surface area contributed by atoms with Crippen LogP contribution in [0.2, 0.25) is 0 Å². The standard InChI is InChI=1S/C16H25N3O3S.ClH/c1-13-6-2-3-11-19(13)23(21,22)15-8-4-7-14(12-15)16(20)18-10-5-9-17;/h4,7-8,12-13H,2-3,5-6,9-11,17H2,1H3,(H,18,20);1H. The van der Waals surface area contributed by atoms with Gasteiger partial charge in [-0.1, -0.05) is 12.5 Å². The summed E-state index contributed by atoms with van der Waals surface area (Å²) < 4.78 is 27.2. The Morgan fingerprint density at radius 1 is 1.38 bits per heavy atom. The SMILES string of the molecule is CC1CCCCN1S(=O)(=O)c1cccc(C(=O)NCCCN)c1.Cl. The van der Waals surface area contributed by atoms with E-state index in [0.29, 0.717) is 31.6 Å². The van der Waals surface area contributed by atoms with E-state index in [1.807, 2.05) is 6.92 Å². The second-order valence-corrected chi connectivity index (χ2v) is 7.78. The lowest BCUT2D eigenvalue weighted by molar-refractivity contribution is 0.0953. The fourth-order valence-corrected chi connectivity index (χ4v) is 4.51. The van der Waals surface area contributed by atoms with Gasteiger partial charge in [0, 0.05) is 24.7 Å². The number of carbonyl (C=O) groups excluding carboxylic acids is 1. The Morgan fingerprint density at radius 2 is 2.12 bits per heavy atom. The smallest absolute Gasteiger partial charge is 0.251 e. The molecular formula is C16H26ClN3O3S. The lowest BCUT2D eigenvalue weighted by Crippen LogP contribution is -2.42. The van der Waals surface area contributed by atoms with Gasteiger partial charge < -0.3 is 11.1 Å². The van der Waals surface area contributed by atoms with Gasteiger partial charge in [0.2, 0.25) is 10.0 Å². The summed E-state index contributed by atoms with van der Waals surface area (Å²) in [6.07, 6.45) is 3.49. The second kappa shape index (κ2) is 9.36. The van der Waals surface area contributed by atoms with Crippen LogP contribution in [0.1, 0.15) is 43.0 Å². The molecule has 0 saturated carbocycles. The number of nitrogens with zero attached hydrogens (tertiary/aromatic N) is 1. The summed E-state index contributed by atoms with van der Waals surface area (Å²) in [4.78, 5) is 12.3. The summed E-state index contributed by atoms with van der Waals surface area (Å²) >= 11 is 0. The molecule has 1 aliphatic heterocycles. The minimum atomic E-state index is -3.56. The first-order valence-electron chi connectivity index (χ1n) is 8.07. The third-order valence-corrected chi connectivity index (χ3v) is 6.12. The summed E-state index contributed by atoms with van der Waals surface area (Å²) in [5.41, 5.74) is 5.75. The van der Waals surface area contributed by atoms with Gasteiger partial charge in [0.15, 0.2) is 0 Å². The van der Waals surface area contributed by atoms with Gasteiger partial charge in [-0.25, -0.2) is 8.42 Å². The highest BCUT2D eigenvalue weighted by molar-refractivity contribution is 7.89. The van der Waals surface area contributed by atoms with Crippen molar-refractivity contribution >= 4 is 28.3 Å². The first-order valence-corrected chi connectivity index (χ1v) is 9.51. The van der Waals surface area contributed by atoms with E-state index < -0.39 is 10.0 Å². The normalized spacial score (nSPS) is 18.7. The molecule has 1 heterocycles. The summed E-state index contributed by atoms with van der Waals surface area (Å²) in [7, 11) is -3.56. The van der Waals surface area contributed by atoms with E-state index in [4.69, 9.17) is 5.73 Å². The van der Waals surface area contributed by atoms with E-state index in [0.717, 1.165) is 19.3 Å². The topological polar surface area (TPSA) is 92.5 Å². The van der Waals surface area contributed by atoms with E-state index in [-0.39, 0.29) is 29.3 Å². The molecule has 24 heavy (non-hydrogen) atoms. The zero-order valence-electron chi connectivity index (χ0n) is 13.9. The molecule has 0 bridgehead atoms. The zero-order chi connectivity index (χ0) is 16.9. The number of nitrogens with two attached hydrogens (primary N) is 1. The molecule has 1 aromatic rings. The van der Waals surface area contributed by atoms with Gasteiger partial charge in [0.1, 0.15) is 0 Å². The number of halogens is 1. The molecule has 0 radical (unpaired) electrons. The van der Waals surface area contributed by atoms with Crippen LogP contribution in [0, 0.1) is 0 Å². The molecule has 1 amide bonds. The second-order valence-electron chi connectivity index (χ2n) is 5.89. The van der Waals surface area contributed by atoms with Crippen molar-refractivity contribution in [2.45, 2.75) is 43.5 Å². The molecule has 1 atom stereocenters. The average molecular weight is 376 g/mol. The molecule has 2 rings (SSSR count). The summed E-state index contributed by atoms with van der Waals surface area (Å²) in [6, 6.07) is 6.23. The number of hydrogen-bond acceptors (Lipinski definition) is 4. The van der Waals surface area contributed by atoms with Crippen LogP contribution >= 0.6 is 12.4 Å². The fraction of sp³-hybridized carbons (Fsp3) is 0.562. The van der Waals surface area contributed by atoms with Gasteiger partial charge in [-0.05, 0) is 50.9 Å². The van der Waals surface area contributed by atoms with Crippen molar-refractivity contribution < 1.29 is 13.2 Å². The number of benzene rings is 1. The number of hydrogen-bond donors (Lipinski definition) is 2. The molecule has 3 N–H and O–H groups in total. The van der Waals surface area contributed by atoms with Gasteiger partial charge in [-0.3, -0.25) is 4.79 Å². The number of carbonyl (C=O) groups is 1. The molecule has 0 spiro atoms. The number of amides is 1. The molecule has 8 heteroatoms. The predicted octanol–water partition coefficient (Wildman–Crippen LogP) is 1.75. The number of sulfonamides is 1. The molecule has 1 aliphatic rings. The molecule has 1 aromatic carbocycles. The van der Waals surface area contributed by atoms with Crippen LogP contribution in [0.25, 0.3) is 0 Å². The molecule has 6 nitrogen and oxygen atoms in total. The zero-order valence-corrected chi connectivity index (χ0v) is 15.5. The van der Waals surface area contributed by atoms with Crippen molar-refractivity contribution in [1.82, 2.24) is 9.62 Å². The van der Waals surface area contributed by atoms with E-state index in [1.54, 1.807) is 22.5 Å². The van der Waals surface area contributed by atoms with Gasteiger partial charge in [0.25, 0.3) is 5.91 Å². The Hall–Kier alpha value is -1.15. The quantitative estimate of drug-likeness (QED) is 0.741. The monoisotopic (exact) mass is 375 g/mol. The Morgan fingerprint density at radius 3 is 2.79 bits per heavy atom. The van der Waals surface area contributed by atoms with Gasteiger partial charge in [0.05, 0.1) is 4.90 Å². The summed E-state index contributed by atoms with van der Waals surface area (Å²) in [5.74, 6) is -0.276. The van der Waals surface area contributed by atoms with Gasteiger partial charge in [-0.15, -0.1) is 12.4 Å². The minimum absolute atomic E-state index is 0. The third kappa shape index (κ3) is 4.92. The first-order chi connectivity index (χ1) is 11.0. The molecule has 136 valence electrons. The maximum absolute atomic E-state index is 12.8. The van der Waals surface area contributed by atoms with Crippen LogP contribution < -0.4 is 11.1 Å². The summed E-state index contributed by atoms with van der Waals surface area (Å²) in [5, 5.41) is 2.74. The Balaban J connectivity index is 0.00000288. The lowest BCUT2D eigenvalue weighted by Gasteiger charge is -2.32. The van der Waals surface area contributed by atoms with Crippen molar-refractivity contribution in [3.8, 4) is 0 Å². The fourth-order valence-electron chi connectivity index (χ4n) is 2.77. The molecule has 0 aromatic heterocycles. The van der Waals surface area contributed by atoms with Crippen LogP contribution in [0.5, 0.6) is 0 Å². The predicted molar refractivity (Wildman–Crippen MR) is 96.9 cm³/mol. The summed E-state index contributed by atoms with van der Waals surface area (Å²) in [6.45, 7) is 3.45. The van der Waals surface area contributed by atoms with Crippen molar-refractivity contribution in [2.24, 2.45) is 5.73 Å². The van der Waals surface area contributed by atoms with Crippen molar-refractivity contribution in [2.75, 3.05) is 19.6 Å². The van der Waals surface area contributed by atoms with Crippen LogP contribution in [-0.2, 0) is 10.0 Å². The highest BCUT2D eigenvalue weighted by atomic mass is 35.5. The van der Waals surface area contributed by atoms with E-state index in [9.17, 15) is 13.2 Å². The van der Waals surface area contributed by atoms with Crippen LogP contribution in [0.3, 0.4) is 0 Å². The molecule has 1 fully saturated rings. The van der Waals surface area contributed by atoms with Crippen LogP contribution in [0.15, 0.2) is 29.2 Å². The minimum Gasteiger partial charge on any atom is -0.352 e. The lowest BCUT2D eigenvalue weighted by atomic mass is 10.1. The Kier molecular flexibility index (Phi) is 8.15. The largest absolute Gasteiger partial charge is 0.352 e. The van der Waals surface area contributed by atoms with Crippen molar-refractivity contribution in [1.29, 1.82) is 0 Å². The van der Waals surface area contributed by atoms with Gasteiger partial charge >= 0.3 is 0 Å². The Bertz CT molecular complexity index is 652. The van der Waals surface area contributed by atoms with E-state index >= 15 is 0 Å².